The Morgan fingerprint density at radius 3 is 1.40 bits per heavy atom. The largest absolute Gasteiger partial charge is 0.493 e. The summed E-state index contributed by atoms with van der Waals surface area (Å²) in [6, 6.07) is 14.1. The summed E-state index contributed by atoms with van der Waals surface area (Å²) in [5, 5.41) is 0. The zero-order valence-corrected chi connectivity index (χ0v) is 32.0. The summed E-state index contributed by atoms with van der Waals surface area (Å²) >= 11 is 1.94. The Hall–Kier alpha value is -2.20. The van der Waals surface area contributed by atoms with Crippen molar-refractivity contribution in [2.75, 3.05) is 19.0 Å². The van der Waals surface area contributed by atoms with Crippen molar-refractivity contribution in [3.63, 3.8) is 0 Å². The van der Waals surface area contributed by atoms with Gasteiger partial charge in [-0.3, -0.25) is 4.79 Å². The van der Waals surface area contributed by atoms with Gasteiger partial charge in [-0.1, -0.05) is 167 Å². The van der Waals surface area contributed by atoms with Crippen molar-refractivity contribution in [3.8, 4) is 11.5 Å². The van der Waals surface area contributed by atoms with Gasteiger partial charge in [0.25, 0.3) is 0 Å². The molecule has 270 valence electrons. The maximum absolute atomic E-state index is 13.1. The van der Waals surface area contributed by atoms with Crippen molar-refractivity contribution in [1.29, 1.82) is 0 Å². The fourth-order valence-corrected chi connectivity index (χ4v) is 6.78. The number of unbranched alkanes of at least 4 members (excludes halogenated alkanes) is 20. The van der Waals surface area contributed by atoms with Crippen LogP contribution < -0.4 is 9.47 Å². The van der Waals surface area contributed by atoms with E-state index < -0.39 is 0 Å². The lowest BCUT2D eigenvalue weighted by Gasteiger charge is -2.11. The molecule has 2 aromatic rings. The molecule has 2 aromatic carbocycles. The second kappa shape index (κ2) is 29.7. The van der Waals surface area contributed by atoms with Gasteiger partial charge in [0.05, 0.1) is 13.2 Å². The minimum Gasteiger partial charge on any atom is -0.493 e. The van der Waals surface area contributed by atoms with Crippen LogP contribution in [0.15, 0.2) is 53.4 Å². The van der Waals surface area contributed by atoms with Crippen LogP contribution in [-0.2, 0) is 0 Å². The topological polar surface area (TPSA) is 35.5 Å². The summed E-state index contributed by atoms with van der Waals surface area (Å²) in [5.41, 5.74) is 1.63. The molecule has 0 saturated carbocycles. The molecule has 4 heteroatoms. The predicted octanol–water partition coefficient (Wildman–Crippen LogP) is 14.5. The fraction of sp³-hybridized carbons (Fsp3) is 0.659. The monoisotopic (exact) mass is 679 g/mol. The van der Waals surface area contributed by atoms with Gasteiger partial charge in [0.15, 0.2) is 5.78 Å². The Kier molecular flexibility index (Phi) is 26.0. The first-order chi connectivity index (χ1) is 23.7. The number of thioether (sulfide) groups is 1. The molecule has 0 aliphatic heterocycles. The van der Waals surface area contributed by atoms with Gasteiger partial charge in [0.2, 0.25) is 0 Å². The highest BCUT2D eigenvalue weighted by atomic mass is 32.2. The van der Waals surface area contributed by atoms with E-state index in [2.05, 4.69) is 45.0 Å². The van der Waals surface area contributed by atoms with Crippen LogP contribution in [0.3, 0.4) is 0 Å². The van der Waals surface area contributed by atoms with Crippen molar-refractivity contribution in [2.24, 2.45) is 0 Å². The predicted molar refractivity (Wildman–Crippen MR) is 211 cm³/mol. The van der Waals surface area contributed by atoms with E-state index in [9.17, 15) is 4.79 Å². The molecular weight excluding hydrogens is 609 g/mol. The summed E-state index contributed by atoms with van der Waals surface area (Å²) < 4.78 is 11.8. The van der Waals surface area contributed by atoms with Gasteiger partial charge in [-0.05, 0) is 60.9 Å². The number of hydrogen-bond donors (Lipinski definition) is 0. The lowest BCUT2D eigenvalue weighted by Crippen LogP contribution is -2.03. The van der Waals surface area contributed by atoms with Gasteiger partial charge >= 0.3 is 0 Å². The molecule has 0 amide bonds. The summed E-state index contributed by atoms with van der Waals surface area (Å²) in [6.45, 7) is 7.86. The van der Waals surface area contributed by atoms with Crippen LogP contribution in [0, 0.1) is 0 Å². The maximum Gasteiger partial charge on any atom is 0.186 e. The average Bonchev–Trinajstić information content (AvgIpc) is 3.10. The molecule has 0 unspecified atom stereocenters. The Morgan fingerprint density at radius 2 is 0.958 bits per heavy atom. The van der Waals surface area contributed by atoms with E-state index in [1.807, 2.05) is 36.0 Å². The molecule has 0 N–H and O–H groups in total. The van der Waals surface area contributed by atoms with Crippen molar-refractivity contribution in [2.45, 2.75) is 173 Å². The highest BCUT2D eigenvalue weighted by Crippen LogP contribution is 2.25. The van der Waals surface area contributed by atoms with Crippen LogP contribution in [0.25, 0.3) is 6.08 Å². The zero-order chi connectivity index (χ0) is 34.3. The first-order valence-corrected chi connectivity index (χ1v) is 21.0. The molecule has 0 bridgehead atoms. The van der Waals surface area contributed by atoms with Crippen molar-refractivity contribution < 1.29 is 14.3 Å². The molecule has 0 radical (unpaired) electrons. The van der Waals surface area contributed by atoms with Gasteiger partial charge in [-0.25, -0.2) is 0 Å². The van der Waals surface area contributed by atoms with E-state index in [-0.39, 0.29) is 5.78 Å². The molecule has 0 spiro atoms. The third-order valence-corrected chi connectivity index (χ3v) is 10.1. The molecule has 0 fully saturated rings. The van der Waals surface area contributed by atoms with Gasteiger partial charge in [-0.15, -0.1) is 11.8 Å². The third kappa shape index (κ3) is 21.7. The smallest absolute Gasteiger partial charge is 0.186 e. The summed E-state index contributed by atoms with van der Waals surface area (Å²) in [5.74, 6) is 2.52. The first kappa shape index (κ1) is 42.0. The molecule has 0 atom stereocenters. The molecule has 0 aliphatic rings. The number of ketones is 1. The number of carbonyl (C=O) groups excluding carboxylic acids is 1. The molecule has 0 aromatic heterocycles. The molecule has 2 rings (SSSR count). The van der Waals surface area contributed by atoms with Crippen LogP contribution in [-0.4, -0.2) is 24.7 Å². The fourth-order valence-electron chi connectivity index (χ4n) is 5.86. The number of rotatable bonds is 32. The number of allylic oxidation sites excluding steroid dienone is 1. The van der Waals surface area contributed by atoms with Gasteiger partial charge < -0.3 is 9.47 Å². The molecular formula is C44H70O3S. The minimum atomic E-state index is -0.0425. The summed E-state index contributed by atoms with van der Waals surface area (Å²) in [7, 11) is 0. The van der Waals surface area contributed by atoms with Crippen LogP contribution in [0.1, 0.15) is 184 Å². The molecule has 0 aliphatic carbocycles. The summed E-state index contributed by atoms with van der Waals surface area (Å²) in [4.78, 5) is 14.3. The molecule has 0 heterocycles. The Balaban J connectivity index is 1.54. The first-order valence-electron chi connectivity index (χ1n) is 20.0. The highest BCUT2D eigenvalue weighted by molar-refractivity contribution is 7.99. The highest BCUT2D eigenvalue weighted by Gasteiger charge is 2.09. The van der Waals surface area contributed by atoms with Gasteiger partial charge in [0.1, 0.15) is 11.5 Å². The zero-order valence-electron chi connectivity index (χ0n) is 31.2. The van der Waals surface area contributed by atoms with E-state index >= 15 is 0 Å². The van der Waals surface area contributed by atoms with E-state index in [0.29, 0.717) is 30.3 Å². The van der Waals surface area contributed by atoms with E-state index in [1.165, 1.54) is 133 Å². The number of ether oxygens (including phenoxy) is 2. The van der Waals surface area contributed by atoms with Crippen molar-refractivity contribution in [1.82, 2.24) is 0 Å². The second-order valence-corrected chi connectivity index (χ2v) is 14.7. The molecule has 0 saturated heterocycles. The lowest BCUT2D eigenvalue weighted by atomic mass is 10.0. The Morgan fingerprint density at radius 1 is 0.542 bits per heavy atom. The van der Waals surface area contributed by atoms with Crippen molar-refractivity contribution >= 4 is 23.6 Å². The van der Waals surface area contributed by atoms with Gasteiger partial charge in [-0.2, -0.15) is 0 Å². The molecule has 3 nitrogen and oxygen atoms in total. The SMILES string of the molecule is CCCCCCCCCCCCCCCCCCCCCSc1ccc(/C=C/C(=O)c2cc(OCCCC)cc(OCCCC)c2)cc1. The Labute approximate surface area is 300 Å². The van der Waals surface area contributed by atoms with Crippen LogP contribution in [0.2, 0.25) is 0 Å². The van der Waals surface area contributed by atoms with Crippen LogP contribution >= 0.6 is 11.8 Å². The maximum atomic E-state index is 13.1. The number of carbonyl (C=O) groups is 1. The van der Waals surface area contributed by atoms with E-state index in [0.717, 1.165) is 31.2 Å². The third-order valence-electron chi connectivity index (χ3n) is 9.02. The normalized spacial score (nSPS) is 11.4. The summed E-state index contributed by atoms with van der Waals surface area (Å²) in [6.07, 6.45) is 34.6. The quantitative estimate of drug-likeness (QED) is 0.0334. The number of benzene rings is 2. The minimum absolute atomic E-state index is 0.0425. The van der Waals surface area contributed by atoms with Crippen molar-refractivity contribution in [3.05, 3.63) is 59.7 Å². The Bertz CT molecular complexity index is 1050. The molecule has 48 heavy (non-hydrogen) atoms. The van der Waals surface area contributed by atoms with Gasteiger partial charge in [0, 0.05) is 16.5 Å². The average molecular weight is 679 g/mol. The van der Waals surface area contributed by atoms with E-state index in [4.69, 9.17) is 9.47 Å². The van der Waals surface area contributed by atoms with Crippen LogP contribution in [0.5, 0.6) is 11.5 Å². The lowest BCUT2D eigenvalue weighted by molar-refractivity contribution is 0.104. The van der Waals surface area contributed by atoms with Crippen LogP contribution in [0.4, 0.5) is 0 Å². The second-order valence-electron chi connectivity index (χ2n) is 13.6. The van der Waals surface area contributed by atoms with E-state index in [1.54, 1.807) is 6.08 Å². The number of hydrogen-bond acceptors (Lipinski definition) is 4. The standard InChI is InChI=1S/C44H70O3S/c1-4-7-10-11-12-13-14-15-16-17-18-19-20-21-22-23-24-25-26-35-48-43-30-27-39(28-31-43)29-32-44(45)40-36-41(46-33-8-5-2)38-42(37-40)47-34-9-6-3/h27-32,36-38H,4-26,33-35H2,1-3H3/b32-29+.